The summed E-state index contributed by atoms with van der Waals surface area (Å²) in [6.45, 7) is 10.7. The van der Waals surface area contributed by atoms with Crippen LogP contribution in [0.5, 0.6) is 0 Å². The van der Waals surface area contributed by atoms with Crippen molar-refractivity contribution in [1.82, 2.24) is 9.80 Å². The molecule has 0 bridgehead atoms. The Bertz CT molecular complexity index is 630. The molecule has 1 aromatic rings. The maximum absolute atomic E-state index is 6.19. The molecule has 2 spiro atoms. The lowest BCUT2D eigenvalue weighted by atomic mass is 9.93. The van der Waals surface area contributed by atoms with Crippen LogP contribution in [0, 0.1) is 0 Å². The molecule has 4 heterocycles. The summed E-state index contributed by atoms with van der Waals surface area (Å²) in [7, 11) is 0. The van der Waals surface area contributed by atoms with E-state index in [1.807, 2.05) is 0 Å². The second-order valence-electron chi connectivity index (χ2n) is 9.57. The summed E-state index contributed by atoms with van der Waals surface area (Å²) in [5.74, 6) is 0. The lowest BCUT2D eigenvalue weighted by Gasteiger charge is -2.45. The quantitative estimate of drug-likeness (QED) is 0.751. The highest BCUT2D eigenvalue weighted by molar-refractivity contribution is 5.27. The number of rotatable bonds is 4. The van der Waals surface area contributed by atoms with Crippen LogP contribution >= 0.6 is 0 Å². The Labute approximate surface area is 180 Å². The first-order valence-electron chi connectivity index (χ1n) is 11.7. The Balaban J connectivity index is 1.24. The number of hydrogen-bond acceptors (Lipinski definition) is 6. The highest BCUT2D eigenvalue weighted by atomic mass is 16.6. The van der Waals surface area contributed by atoms with Crippen molar-refractivity contribution in [3.05, 3.63) is 35.4 Å². The number of benzene rings is 1. The molecule has 5 rings (SSSR count). The first-order chi connectivity index (χ1) is 14.7. The normalized spacial score (nSPS) is 33.9. The third-order valence-electron chi connectivity index (χ3n) is 7.13. The Morgan fingerprint density at radius 3 is 1.63 bits per heavy atom. The number of morpholine rings is 2. The Morgan fingerprint density at radius 1 is 0.700 bits per heavy atom. The van der Waals surface area contributed by atoms with Crippen LogP contribution in [-0.4, -0.2) is 86.8 Å². The van der Waals surface area contributed by atoms with Gasteiger partial charge in [-0.25, -0.2) is 0 Å². The zero-order chi connectivity index (χ0) is 20.3. The first-order valence-corrected chi connectivity index (χ1v) is 11.7. The third-order valence-corrected chi connectivity index (χ3v) is 7.13. The van der Waals surface area contributed by atoms with Crippen molar-refractivity contribution in [3.8, 4) is 0 Å². The fourth-order valence-corrected chi connectivity index (χ4v) is 5.60. The van der Waals surface area contributed by atoms with E-state index >= 15 is 0 Å². The van der Waals surface area contributed by atoms with E-state index in [-0.39, 0.29) is 11.2 Å². The van der Waals surface area contributed by atoms with Gasteiger partial charge in [-0.15, -0.1) is 0 Å². The molecule has 2 atom stereocenters. The molecule has 0 aliphatic carbocycles. The molecule has 0 radical (unpaired) electrons. The molecule has 6 nitrogen and oxygen atoms in total. The predicted molar refractivity (Wildman–Crippen MR) is 114 cm³/mol. The molecule has 4 fully saturated rings. The average molecular weight is 417 g/mol. The van der Waals surface area contributed by atoms with Gasteiger partial charge in [-0.1, -0.05) is 24.3 Å². The van der Waals surface area contributed by atoms with Crippen LogP contribution in [0.4, 0.5) is 0 Å². The zero-order valence-electron chi connectivity index (χ0n) is 18.2. The topological polar surface area (TPSA) is 43.4 Å². The highest BCUT2D eigenvalue weighted by Crippen LogP contribution is 2.30. The van der Waals surface area contributed by atoms with Gasteiger partial charge in [-0.05, 0) is 36.8 Å². The molecular weight excluding hydrogens is 380 g/mol. The van der Waals surface area contributed by atoms with Crippen molar-refractivity contribution in [2.45, 2.75) is 50.0 Å². The summed E-state index contributed by atoms with van der Waals surface area (Å²) in [6, 6.07) is 8.95. The molecule has 2 unspecified atom stereocenters. The van der Waals surface area contributed by atoms with Gasteiger partial charge in [0.05, 0.1) is 26.4 Å². The zero-order valence-corrected chi connectivity index (χ0v) is 18.2. The van der Waals surface area contributed by atoms with E-state index in [2.05, 4.69) is 34.1 Å². The van der Waals surface area contributed by atoms with E-state index in [1.54, 1.807) is 0 Å². The lowest BCUT2D eigenvalue weighted by Crippen LogP contribution is -2.56. The van der Waals surface area contributed by atoms with Crippen molar-refractivity contribution < 1.29 is 18.9 Å². The number of ether oxygens (including phenoxy) is 4. The molecule has 4 aliphatic heterocycles. The molecule has 1 aromatic carbocycles. The van der Waals surface area contributed by atoms with Crippen molar-refractivity contribution in [1.29, 1.82) is 0 Å². The van der Waals surface area contributed by atoms with Crippen LogP contribution in [0.15, 0.2) is 24.3 Å². The summed E-state index contributed by atoms with van der Waals surface area (Å²) in [5.41, 5.74) is 2.69. The van der Waals surface area contributed by atoms with Crippen LogP contribution in [0.25, 0.3) is 0 Å². The van der Waals surface area contributed by atoms with Crippen molar-refractivity contribution in [2.75, 3.05) is 65.8 Å². The molecular formula is C24H36N2O4. The van der Waals surface area contributed by atoms with E-state index in [4.69, 9.17) is 18.9 Å². The Kier molecular flexibility index (Phi) is 6.42. The summed E-state index contributed by atoms with van der Waals surface area (Å²) in [5, 5.41) is 0. The third kappa shape index (κ3) is 4.74. The minimum atomic E-state index is -0.0942. The summed E-state index contributed by atoms with van der Waals surface area (Å²) in [4.78, 5) is 5.12. The van der Waals surface area contributed by atoms with E-state index in [0.717, 1.165) is 105 Å². The van der Waals surface area contributed by atoms with Crippen molar-refractivity contribution in [3.63, 3.8) is 0 Å². The smallest absolute Gasteiger partial charge is 0.104 e. The summed E-state index contributed by atoms with van der Waals surface area (Å²) < 4.78 is 23.9. The molecule has 0 amide bonds. The summed E-state index contributed by atoms with van der Waals surface area (Å²) in [6.07, 6.45) is 4.44. The standard InChI is InChI=1S/C24H36N2O4/c1-2-6-22(16-26-10-14-30-24(18-26)8-4-12-28-20-24)21(5-1)15-25-9-13-29-23(17-25)7-3-11-27-19-23/h1-2,5-6H,3-4,7-20H2. The van der Waals surface area contributed by atoms with Crippen LogP contribution in [0.2, 0.25) is 0 Å². The van der Waals surface area contributed by atoms with Crippen LogP contribution in [0.3, 0.4) is 0 Å². The van der Waals surface area contributed by atoms with Crippen LogP contribution < -0.4 is 0 Å². The highest BCUT2D eigenvalue weighted by Gasteiger charge is 2.40. The monoisotopic (exact) mass is 416 g/mol. The van der Waals surface area contributed by atoms with Gasteiger partial charge in [0.15, 0.2) is 0 Å². The van der Waals surface area contributed by atoms with Gasteiger partial charge in [0.25, 0.3) is 0 Å². The van der Waals surface area contributed by atoms with Gasteiger partial charge < -0.3 is 18.9 Å². The van der Waals surface area contributed by atoms with Gasteiger partial charge >= 0.3 is 0 Å². The molecule has 0 saturated carbocycles. The second kappa shape index (κ2) is 9.23. The van der Waals surface area contributed by atoms with Crippen molar-refractivity contribution in [2.24, 2.45) is 0 Å². The van der Waals surface area contributed by atoms with E-state index in [9.17, 15) is 0 Å². The Morgan fingerprint density at radius 2 is 1.20 bits per heavy atom. The number of nitrogens with zero attached hydrogens (tertiary/aromatic N) is 2. The van der Waals surface area contributed by atoms with Gasteiger partial charge in [0, 0.05) is 52.5 Å². The SMILES string of the molecule is c1ccc(CN2CCOC3(CCCOC3)C2)c(CN2CCOC3(CCCOC3)C2)c1. The maximum Gasteiger partial charge on any atom is 0.104 e. The fraction of sp³-hybridized carbons (Fsp3) is 0.750. The Hall–Kier alpha value is -1.02. The van der Waals surface area contributed by atoms with E-state index in [0.29, 0.717) is 0 Å². The molecule has 4 saturated heterocycles. The van der Waals surface area contributed by atoms with Crippen molar-refractivity contribution >= 4 is 0 Å². The molecule has 30 heavy (non-hydrogen) atoms. The predicted octanol–water partition coefficient (Wildman–Crippen LogP) is 2.45. The molecule has 6 heteroatoms. The lowest BCUT2D eigenvalue weighted by molar-refractivity contribution is -0.170. The average Bonchev–Trinajstić information content (AvgIpc) is 2.76. The second-order valence-corrected chi connectivity index (χ2v) is 9.57. The van der Waals surface area contributed by atoms with Gasteiger partial charge in [-0.2, -0.15) is 0 Å². The first kappa shape index (κ1) is 20.9. The van der Waals surface area contributed by atoms with Gasteiger partial charge in [0.1, 0.15) is 11.2 Å². The molecule has 0 aromatic heterocycles. The maximum atomic E-state index is 6.19. The van der Waals surface area contributed by atoms with Gasteiger partial charge in [-0.3, -0.25) is 9.80 Å². The molecule has 4 aliphatic rings. The summed E-state index contributed by atoms with van der Waals surface area (Å²) >= 11 is 0. The van der Waals surface area contributed by atoms with E-state index < -0.39 is 0 Å². The van der Waals surface area contributed by atoms with Crippen LogP contribution in [0.1, 0.15) is 36.8 Å². The largest absolute Gasteiger partial charge is 0.378 e. The fourth-order valence-electron chi connectivity index (χ4n) is 5.60. The van der Waals surface area contributed by atoms with Crippen LogP contribution in [-0.2, 0) is 32.0 Å². The van der Waals surface area contributed by atoms with Gasteiger partial charge in [0.2, 0.25) is 0 Å². The minimum Gasteiger partial charge on any atom is -0.378 e. The van der Waals surface area contributed by atoms with E-state index in [1.165, 1.54) is 11.1 Å². The minimum absolute atomic E-state index is 0.0942. The number of hydrogen-bond donors (Lipinski definition) is 0. The molecule has 166 valence electrons. The molecule has 0 N–H and O–H groups in total.